The molecular formula is C82H54N2. The molecule has 0 saturated carbocycles. The second kappa shape index (κ2) is 20.5. The number of fused-ring (bicyclic) bond motifs is 10. The zero-order valence-corrected chi connectivity index (χ0v) is 46.1. The lowest BCUT2D eigenvalue weighted by molar-refractivity contribution is 1.18. The van der Waals surface area contributed by atoms with Gasteiger partial charge in [0.05, 0.1) is 22.1 Å². The molecule has 0 fully saturated rings. The summed E-state index contributed by atoms with van der Waals surface area (Å²) >= 11 is 0. The molecule has 0 aliphatic heterocycles. The lowest BCUT2D eigenvalue weighted by Gasteiger charge is -2.18. The minimum absolute atomic E-state index is 1.17. The Morgan fingerprint density at radius 2 is 0.310 bits per heavy atom. The summed E-state index contributed by atoms with van der Waals surface area (Å²) in [6.45, 7) is 0. The van der Waals surface area contributed by atoms with Crippen molar-refractivity contribution in [3.8, 4) is 67.0 Å². The molecule has 0 saturated heterocycles. The zero-order valence-electron chi connectivity index (χ0n) is 46.1. The Bertz CT molecular complexity index is 5100. The van der Waals surface area contributed by atoms with E-state index in [0.29, 0.717) is 0 Å². The third-order valence-corrected chi connectivity index (χ3v) is 17.2. The number of aromatic nitrogens is 2. The SMILES string of the molecule is c1ccc(-c2c3ccccc3c(-c3ccc(-n4c5ccccc5c5ccccc54)cc3)c3ccccc23)cc1.c1ccc(-c2ccc(-c3c4ccccc4c(-c4ccc(-n5c6ccccc6c6ccccc65)cc4)c4ccccc34)cc2)cc1. The van der Waals surface area contributed by atoms with Gasteiger partial charge >= 0.3 is 0 Å². The second-order valence-electron chi connectivity index (χ2n) is 21.8. The average Bonchev–Trinajstić information content (AvgIpc) is 4.03. The highest BCUT2D eigenvalue weighted by Gasteiger charge is 2.20. The van der Waals surface area contributed by atoms with Gasteiger partial charge in [-0.05, 0) is 147 Å². The maximum absolute atomic E-state index is 2.38. The highest BCUT2D eigenvalue weighted by atomic mass is 15.0. The maximum atomic E-state index is 2.38. The number of rotatable bonds is 7. The maximum Gasteiger partial charge on any atom is 0.0541 e. The highest BCUT2D eigenvalue weighted by Crippen LogP contribution is 2.46. The van der Waals surface area contributed by atoms with Gasteiger partial charge < -0.3 is 9.13 Å². The highest BCUT2D eigenvalue weighted by molar-refractivity contribution is 6.23. The van der Waals surface area contributed by atoms with Crippen LogP contribution >= 0.6 is 0 Å². The molecule has 0 aliphatic carbocycles. The lowest BCUT2D eigenvalue weighted by Crippen LogP contribution is -1.94. The van der Waals surface area contributed by atoms with Crippen molar-refractivity contribution in [3.63, 3.8) is 0 Å². The first-order valence-electron chi connectivity index (χ1n) is 29.0. The van der Waals surface area contributed by atoms with Gasteiger partial charge in [-0.25, -0.2) is 0 Å². The number of hydrogen-bond acceptors (Lipinski definition) is 0. The minimum Gasteiger partial charge on any atom is -0.309 e. The molecule has 84 heavy (non-hydrogen) atoms. The van der Waals surface area contributed by atoms with E-state index in [4.69, 9.17) is 0 Å². The molecule has 17 aromatic rings. The molecule has 0 atom stereocenters. The fraction of sp³-hybridized carbons (Fsp3) is 0. The molecular weight excluding hydrogens is 1010 g/mol. The van der Waals surface area contributed by atoms with Crippen LogP contribution in [-0.2, 0) is 0 Å². The molecule has 0 spiro atoms. The summed E-state index contributed by atoms with van der Waals surface area (Å²) in [6.07, 6.45) is 0. The average molecular weight is 1070 g/mol. The molecule has 2 nitrogen and oxygen atoms in total. The van der Waals surface area contributed by atoms with Crippen LogP contribution in [-0.4, -0.2) is 9.13 Å². The van der Waals surface area contributed by atoms with Crippen LogP contribution in [0.3, 0.4) is 0 Å². The van der Waals surface area contributed by atoms with Crippen LogP contribution in [0.2, 0.25) is 0 Å². The molecule has 2 aromatic heterocycles. The van der Waals surface area contributed by atoms with Crippen LogP contribution in [0.1, 0.15) is 0 Å². The Labute approximate surface area is 487 Å². The summed E-state index contributed by atoms with van der Waals surface area (Å²) in [7, 11) is 0. The number of hydrogen-bond donors (Lipinski definition) is 0. The summed E-state index contributed by atoms with van der Waals surface area (Å²) in [5.74, 6) is 0. The molecule has 2 heteroatoms. The fourth-order valence-electron chi connectivity index (χ4n) is 13.5. The number of nitrogens with zero attached hydrogens (tertiary/aromatic N) is 2. The van der Waals surface area contributed by atoms with E-state index in [1.165, 1.54) is 154 Å². The molecule has 15 aromatic carbocycles. The van der Waals surface area contributed by atoms with Gasteiger partial charge in [0.15, 0.2) is 0 Å². The van der Waals surface area contributed by atoms with Gasteiger partial charge in [-0.2, -0.15) is 0 Å². The molecule has 0 amide bonds. The van der Waals surface area contributed by atoms with E-state index in [1.54, 1.807) is 0 Å². The van der Waals surface area contributed by atoms with Gasteiger partial charge in [0.25, 0.3) is 0 Å². The molecule has 392 valence electrons. The smallest absolute Gasteiger partial charge is 0.0541 e. The Hall–Kier alpha value is -11.1. The largest absolute Gasteiger partial charge is 0.309 e. The van der Waals surface area contributed by atoms with Crippen molar-refractivity contribution < 1.29 is 0 Å². The summed E-state index contributed by atoms with van der Waals surface area (Å²) in [4.78, 5) is 0. The minimum atomic E-state index is 1.17. The fourth-order valence-corrected chi connectivity index (χ4v) is 13.5. The van der Waals surface area contributed by atoms with E-state index >= 15 is 0 Å². The molecule has 0 radical (unpaired) electrons. The Morgan fingerprint density at radius 1 is 0.131 bits per heavy atom. The van der Waals surface area contributed by atoms with Crippen molar-refractivity contribution in [3.05, 3.63) is 328 Å². The predicted octanol–water partition coefficient (Wildman–Crippen LogP) is 22.5. The summed E-state index contributed by atoms with van der Waals surface area (Å²) in [5.41, 5.74) is 19.8. The van der Waals surface area contributed by atoms with Crippen molar-refractivity contribution in [2.24, 2.45) is 0 Å². The van der Waals surface area contributed by atoms with Crippen LogP contribution < -0.4 is 0 Å². The topological polar surface area (TPSA) is 9.86 Å². The van der Waals surface area contributed by atoms with Crippen LogP contribution in [0.5, 0.6) is 0 Å². The molecule has 0 bridgehead atoms. The van der Waals surface area contributed by atoms with E-state index in [0.717, 1.165) is 0 Å². The summed E-state index contributed by atoms with van der Waals surface area (Å²) < 4.78 is 4.76. The van der Waals surface area contributed by atoms with E-state index in [9.17, 15) is 0 Å². The summed E-state index contributed by atoms with van der Waals surface area (Å²) in [6, 6.07) is 119. The molecule has 2 heterocycles. The standard InChI is InChI=1S/C44H29N.C38H25N/c1-2-12-30(13-3-1)31-22-24-32(25-23-31)43-37-16-4-6-18-39(37)44(40-19-7-5-17-38(40)43)33-26-28-34(29-27-33)45-41-20-10-8-14-35(41)36-15-9-11-21-42(36)45;1-2-12-26(13-3-1)37-31-16-4-6-18-33(31)38(34-19-7-5-17-32(34)37)27-22-24-28(25-23-27)39-35-20-10-8-14-29(35)30-15-9-11-21-36(30)39/h1-29H;1-25H. The number of benzene rings is 15. The summed E-state index contributed by atoms with van der Waals surface area (Å²) in [5, 5.41) is 15.3. The monoisotopic (exact) mass is 1070 g/mol. The first-order chi connectivity index (χ1) is 41.7. The van der Waals surface area contributed by atoms with E-state index in [2.05, 4.69) is 337 Å². The van der Waals surface area contributed by atoms with Crippen LogP contribution in [0.25, 0.3) is 154 Å². The lowest BCUT2D eigenvalue weighted by atomic mass is 9.85. The van der Waals surface area contributed by atoms with Gasteiger partial charge in [0, 0.05) is 32.9 Å². The van der Waals surface area contributed by atoms with Crippen molar-refractivity contribution in [2.45, 2.75) is 0 Å². The molecule has 0 unspecified atom stereocenters. The van der Waals surface area contributed by atoms with Crippen molar-refractivity contribution >= 4 is 86.7 Å². The molecule has 0 N–H and O–H groups in total. The Morgan fingerprint density at radius 3 is 0.583 bits per heavy atom. The third-order valence-electron chi connectivity index (χ3n) is 17.2. The van der Waals surface area contributed by atoms with Gasteiger partial charge in [0.1, 0.15) is 0 Å². The zero-order chi connectivity index (χ0) is 55.5. The van der Waals surface area contributed by atoms with E-state index in [1.807, 2.05) is 0 Å². The Balaban J connectivity index is 0.000000139. The molecule has 0 aliphatic rings. The van der Waals surface area contributed by atoms with Crippen LogP contribution in [0, 0.1) is 0 Å². The van der Waals surface area contributed by atoms with Crippen LogP contribution in [0.15, 0.2) is 328 Å². The van der Waals surface area contributed by atoms with Crippen molar-refractivity contribution in [1.82, 2.24) is 9.13 Å². The first kappa shape index (κ1) is 48.8. The third kappa shape index (κ3) is 8.10. The predicted molar refractivity (Wildman–Crippen MR) is 359 cm³/mol. The van der Waals surface area contributed by atoms with Gasteiger partial charge in [-0.3, -0.25) is 0 Å². The van der Waals surface area contributed by atoms with Crippen LogP contribution in [0.4, 0.5) is 0 Å². The Kier molecular flexibility index (Phi) is 11.9. The van der Waals surface area contributed by atoms with Crippen molar-refractivity contribution in [2.75, 3.05) is 0 Å². The normalized spacial score (nSPS) is 11.6. The van der Waals surface area contributed by atoms with E-state index < -0.39 is 0 Å². The van der Waals surface area contributed by atoms with Gasteiger partial charge in [-0.1, -0.05) is 279 Å². The number of para-hydroxylation sites is 4. The van der Waals surface area contributed by atoms with Gasteiger partial charge in [0.2, 0.25) is 0 Å². The first-order valence-corrected chi connectivity index (χ1v) is 29.0. The quantitative estimate of drug-likeness (QED) is 0.141. The van der Waals surface area contributed by atoms with Crippen molar-refractivity contribution in [1.29, 1.82) is 0 Å². The van der Waals surface area contributed by atoms with Gasteiger partial charge in [-0.15, -0.1) is 0 Å². The molecule has 17 rings (SSSR count). The van der Waals surface area contributed by atoms with E-state index in [-0.39, 0.29) is 0 Å². The second-order valence-corrected chi connectivity index (χ2v) is 21.8.